The van der Waals surface area contributed by atoms with Crippen LogP contribution in [0.4, 0.5) is 10.7 Å². The van der Waals surface area contributed by atoms with Gasteiger partial charge in [-0.1, -0.05) is 0 Å². The largest absolute Gasteiger partial charge is 0.497 e. The molecule has 2 aromatic rings. The van der Waals surface area contributed by atoms with Crippen LogP contribution >= 0.6 is 23.6 Å². The molecule has 0 saturated heterocycles. The van der Waals surface area contributed by atoms with Crippen molar-refractivity contribution in [2.75, 3.05) is 39.1 Å². The van der Waals surface area contributed by atoms with Gasteiger partial charge in [0.25, 0.3) is 0 Å². The number of hydrogen-bond acceptors (Lipinski definition) is 8. The second kappa shape index (κ2) is 9.38. The number of thiophene rings is 1. The van der Waals surface area contributed by atoms with E-state index in [0.717, 1.165) is 11.3 Å². The molecular weight excluding hydrogens is 404 g/mol. The minimum Gasteiger partial charge on any atom is -0.497 e. The van der Waals surface area contributed by atoms with E-state index >= 15 is 0 Å². The maximum absolute atomic E-state index is 12.2. The van der Waals surface area contributed by atoms with Gasteiger partial charge in [0.1, 0.15) is 21.4 Å². The third-order valence-electron chi connectivity index (χ3n) is 3.79. The molecule has 2 rings (SSSR count). The van der Waals surface area contributed by atoms with Crippen LogP contribution in [0.25, 0.3) is 0 Å². The molecule has 1 heterocycles. The molecule has 0 bridgehead atoms. The van der Waals surface area contributed by atoms with Gasteiger partial charge >= 0.3 is 11.9 Å². The van der Waals surface area contributed by atoms with Gasteiger partial charge in [0.05, 0.1) is 39.7 Å². The van der Waals surface area contributed by atoms with Crippen molar-refractivity contribution in [1.82, 2.24) is 0 Å². The predicted octanol–water partition coefficient (Wildman–Crippen LogP) is 3.46. The van der Waals surface area contributed by atoms with E-state index in [-0.39, 0.29) is 15.6 Å². The Labute approximate surface area is 171 Å². The van der Waals surface area contributed by atoms with Gasteiger partial charge in [-0.3, -0.25) is 0 Å². The Hall–Kier alpha value is -2.85. The number of hydrogen-bond donors (Lipinski definition) is 2. The van der Waals surface area contributed by atoms with Crippen LogP contribution in [0.2, 0.25) is 0 Å². The lowest BCUT2D eigenvalue weighted by Gasteiger charge is -2.14. The molecule has 0 radical (unpaired) electrons. The SMILES string of the molecule is COC(=O)c1sc(NC(=S)Nc2cc(OC)ccc2OC)c(C(=O)OC)c1C. The van der Waals surface area contributed by atoms with Crippen LogP contribution in [0.1, 0.15) is 25.6 Å². The molecule has 150 valence electrons. The van der Waals surface area contributed by atoms with Gasteiger partial charge in [0.15, 0.2) is 5.11 Å². The summed E-state index contributed by atoms with van der Waals surface area (Å²) in [6.07, 6.45) is 0. The van der Waals surface area contributed by atoms with E-state index in [1.54, 1.807) is 32.2 Å². The Morgan fingerprint density at radius 3 is 2.25 bits per heavy atom. The van der Waals surface area contributed by atoms with Gasteiger partial charge in [-0.25, -0.2) is 9.59 Å². The fraction of sp³-hybridized carbons (Fsp3) is 0.278. The third kappa shape index (κ3) is 4.52. The lowest BCUT2D eigenvalue weighted by molar-refractivity contribution is 0.0601. The normalized spacial score (nSPS) is 10.0. The lowest BCUT2D eigenvalue weighted by atomic mass is 10.1. The molecule has 1 aromatic heterocycles. The minimum absolute atomic E-state index is 0.189. The van der Waals surface area contributed by atoms with Gasteiger partial charge in [0.2, 0.25) is 0 Å². The molecule has 8 nitrogen and oxygen atoms in total. The first-order chi connectivity index (χ1) is 13.4. The number of esters is 2. The van der Waals surface area contributed by atoms with Crippen molar-refractivity contribution in [1.29, 1.82) is 0 Å². The van der Waals surface area contributed by atoms with Crippen LogP contribution in [-0.4, -0.2) is 45.5 Å². The van der Waals surface area contributed by atoms with Gasteiger partial charge in [0, 0.05) is 6.07 Å². The summed E-state index contributed by atoms with van der Waals surface area (Å²) in [5.41, 5.74) is 1.24. The van der Waals surface area contributed by atoms with Crippen molar-refractivity contribution in [3.05, 3.63) is 34.2 Å². The molecule has 0 aliphatic carbocycles. The standard InChI is InChI=1S/C18H20N2O6S2/c1-9-13(16(21)25-4)15(28-14(9)17(22)26-5)20-18(27)19-11-8-10(23-2)6-7-12(11)24-3/h6-8H,1-5H3,(H2,19,20,27). The van der Waals surface area contributed by atoms with E-state index < -0.39 is 11.9 Å². The second-order valence-electron chi connectivity index (χ2n) is 5.39. The first-order valence-corrected chi connectivity index (χ1v) is 9.18. The van der Waals surface area contributed by atoms with Gasteiger partial charge < -0.3 is 29.6 Å². The summed E-state index contributed by atoms with van der Waals surface area (Å²) in [5, 5.41) is 6.49. The highest BCUT2D eigenvalue weighted by Crippen LogP contribution is 2.35. The van der Waals surface area contributed by atoms with E-state index in [2.05, 4.69) is 10.6 Å². The van der Waals surface area contributed by atoms with E-state index in [1.807, 2.05) is 0 Å². The van der Waals surface area contributed by atoms with Crippen molar-refractivity contribution in [2.24, 2.45) is 0 Å². The molecule has 0 atom stereocenters. The monoisotopic (exact) mass is 424 g/mol. The summed E-state index contributed by atoms with van der Waals surface area (Å²) in [5.74, 6) is 0.0271. The molecule has 28 heavy (non-hydrogen) atoms. The average Bonchev–Trinajstić information content (AvgIpc) is 3.02. The first kappa shape index (κ1) is 21.5. The highest BCUT2D eigenvalue weighted by Gasteiger charge is 2.26. The number of benzene rings is 1. The maximum Gasteiger partial charge on any atom is 0.348 e. The summed E-state index contributed by atoms with van der Waals surface area (Å²) >= 11 is 6.40. The van der Waals surface area contributed by atoms with Crippen LogP contribution in [-0.2, 0) is 9.47 Å². The van der Waals surface area contributed by atoms with Crippen LogP contribution in [0.3, 0.4) is 0 Å². The Balaban J connectivity index is 2.33. The van der Waals surface area contributed by atoms with E-state index in [4.69, 9.17) is 31.2 Å². The zero-order valence-corrected chi connectivity index (χ0v) is 17.6. The van der Waals surface area contributed by atoms with Crippen molar-refractivity contribution in [2.45, 2.75) is 6.92 Å². The van der Waals surface area contributed by atoms with Crippen LogP contribution in [0.15, 0.2) is 18.2 Å². The molecule has 0 amide bonds. The first-order valence-electron chi connectivity index (χ1n) is 7.96. The van der Waals surface area contributed by atoms with Crippen LogP contribution in [0.5, 0.6) is 11.5 Å². The summed E-state index contributed by atoms with van der Waals surface area (Å²) < 4.78 is 20.1. The van der Waals surface area contributed by atoms with Gasteiger partial charge in [-0.05, 0) is 36.8 Å². The number of nitrogens with one attached hydrogen (secondary N) is 2. The third-order valence-corrected chi connectivity index (χ3v) is 5.18. The highest BCUT2D eigenvalue weighted by atomic mass is 32.1. The molecule has 0 saturated carbocycles. The lowest BCUT2D eigenvalue weighted by Crippen LogP contribution is -2.20. The number of thiocarbonyl (C=S) groups is 1. The zero-order chi connectivity index (χ0) is 20.8. The highest BCUT2D eigenvalue weighted by molar-refractivity contribution is 7.80. The average molecular weight is 425 g/mol. The van der Waals surface area contributed by atoms with Crippen molar-refractivity contribution in [3.8, 4) is 11.5 Å². The Morgan fingerprint density at radius 2 is 1.68 bits per heavy atom. The van der Waals surface area contributed by atoms with E-state index in [9.17, 15) is 9.59 Å². The molecule has 10 heteroatoms. The second-order valence-corrected chi connectivity index (χ2v) is 6.82. The number of carbonyl (C=O) groups is 2. The Kier molecular flexibility index (Phi) is 7.18. The van der Waals surface area contributed by atoms with E-state index in [1.165, 1.54) is 21.3 Å². The summed E-state index contributed by atoms with van der Waals surface area (Å²) in [4.78, 5) is 24.5. The molecule has 0 spiro atoms. The minimum atomic E-state index is -0.590. The maximum atomic E-state index is 12.2. The number of rotatable bonds is 6. The number of carbonyl (C=O) groups excluding carboxylic acids is 2. The Bertz CT molecular complexity index is 910. The fourth-order valence-electron chi connectivity index (χ4n) is 2.41. The van der Waals surface area contributed by atoms with Crippen molar-refractivity contribution >= 4 is 51.3 Å². The predicted molar refractivity (Wildman–Crippen MR) is 111 cm³/mol. The Morgan fingerprint density at radius 1 is 1.00 bits per heavy atom. The molecule has 0 unspecified atom stereocenters. The smallest absolute Gasteiger partial charge is 0.348 e. The number of anilines is 2. The van der Waals surface area contributed by atoms with Gasteiger partial charge in [-0.2, -0.15) is 0 Å². The fourth-order valence-corrected chi connectivity index (χ4v) is 3.80. The molecular formula is C18H20N2O6S2. The van der Waals surface area contributed by atoms with Crippen LogP contribution in [0, 0.1) is 6.92 Å². The summed E-state index contributed by atoms with van der Waals surface area (Å²) in [6.45, 7) is 1.64. The van der Waals surface area contributed by atoms with Crippen molar-refractivity contribution < 1.29 is 28.5 Å². The summed E-state index contributed by atoms with van der Waals surface area (Å²) in [6, 6.07) is 5.20. The van der Waals surface area contributed by atoms with Gasteiger partial charge in [-0.15, -0.1) is 11.3 Å². The zero-order valence-electron chi connectivity index (χ0n) is 16.0. The quantitative estimate of drug-likeness (QED) is 0.534. The molecule has 1 aromatic carbocycles. The topological polar surface area (TPSA) is 95.1 Å². The summed E-state index contributed by atoms with van der Waals surface area (Å²) in [7, 11) is 5.62. The molecule has 0 aliphatic rings. The van der Waals surface area contributed by atoms with Crippen LogP contribution < -0.4 is 20.1 Å². The van der Waals surface area contributed by atoms with E-state index in [0.29, 0.717) is 27.8 Å². The molecule has 2 N–H and O–H groups in total. The number of ether oxygens (including phenoxy) is 4. The molecule has 0 aliphatic heterocycles. The number of methoxy groups -OCH3 is 4. The van der Waals surface area contributed by atoms with Crippen molar-refractivity contribution in [3.63, 3.8) is 0 Å². The molecule has 0 fully saturated rings.